The number of benzene rings is 2. The van der Waals surface area contributed by atoms with Gasteiger partial charge in [-0.15, -0.1) is 0 Å². The van der Waals surface area contributed by atoms with Crippen LogP contribution < -0.4 is 15.9 Å². The Bertz CT molecular complexity index is 1020. The van der Waals surface area contributed by atoms with E-state index in [0.29, 0.717) is 22.3 Å². The smallest absolute Gasteiger partial charge is 0.255 e. The van der Waals surface area contributed by atoms with E-state index in [0.717, 1.165) is 16.7 Å². The fourth-order valence-electron chi connectivity index (χ4n) is 2.80. The van der Waals surface area contributed by atoms with Crippen molar-refractivity contribution in [2.75, 3.05) is 6.61 Å². The van der Waals surface area contributed by atoms with E-state index in [-0.39, 0.29) is 17.8 Å². The highest BCUT2D eigenvalue weighted by Gasteiger charge is 2.19. The van der Waals surface area contributed by atoms with Crippen LogP contribution in [0.3, 0.4) is 0 Å². The van der Waals surface area contributed by atoms with Gasteiger partial charge in [0.05, 0.1) is 5.39 Å². The largest absolute Gasteiger partial charge is 0.476 e. The molecule has 0 aliphatic carbocycles. The van der Waals surface area contributed by atoms with Gasteiger partial charge in [-0.25, -0.2) is 0 Å². The number of carbonyl (C=O) groups is 1. The van der Waals surface area contributed by atoms with Gasteiger partial charge in [0.2, 0.25) is 11.2 Å². The van der Waals surface area contributed by atoms with Crippen LogP contribution >= 0.6 is 0 Å². The van der Waals surface area contributed by atoms with Crippen LogP contribution in [0.2, 0.25) is 0 Å². The van der Waals surface area contributed by atoms with E-state index in [1.54, 1.807) is 6.07 Å². The number of hydrogen-bond donors (Lipinski definition) is 1. The molecule has 5 heteroatoms. The Labute approximate surface area is 145 Å². The fraction of sp³-hybridized carbons (Fsp3) is 0.200. The first-order chi connectivity index (χ1) is 11.9. The number of fused-ring (bicyclic) bond motifs is 1. The predicted molar refractivity (Wildman–Crippen MR) is 96.8 cm³/mol. The van der Waals surface area contributed by atoms with Gasteiger partial charge in [-0.3, -0.25) is 9.59 Å². The molecule has 25 heavy (non-hydrogen) atoms. The van der Waals surface area contributed by atoms with E-state index < -0.39 is 5.91 Å². The fourth-order valence-corrected chi connectivity index (χ4v) is 2.80. The molecule has 2 N–H and O–H groups in total. The van der Waals surface area contributed by atoms with Crippen LogP contribution in [-0.4, -0.2) is 12.5 Å². The molecule has 0 unspecified atom stereocenters. The third-order valence-electron chi connectivity index (χ3n) is 3.95. The van der Waals surface area contributed by atoms with Crippen molar-refractivity contribution < 1.29 is 13.9 Å². The zero-order valence-electron chi connectivity index (χ0n) is 14.4. The Morgan fingerprint density at radius 1 is 1.08 bits per heavy atom. The molecular formula is C20H19NO4. The lowest BCUT2D eigenvalue weighted by Crippen LogP contribution is -2.22. The lowest BCUT2D eigenvalue weighted by molar-refractivity contribution is -0.119. The minimum absolute atomic E-state index is 0.000142. The summed E-state index contributed by atoms with van der Waals surface area (Å²) in [6.45, 7) is 5.38. The highest BCUT2D eigenvalue weighted by atomic mass is 16.5. The van der Waals surface area contributed by atoms with Crippen LogP contribution in [0, 0.1) is 20.8 Å². The molecule has 1 amide bonds. The van der Waals surface area contributed by atoms with Crippen molar-refractivity contribution in [3.8, 4) is 17.1 Å². The monoisotopic (exact) mass is 337 g/mol. The third-order valence-corrected chi connectivity index (χ3v) is 3.95. The van der Waals surface area contributed by atoms with E-state index in [1.807, 2.05) is 51.1 Å². The molecule has 0 saturated heterocycles. The van der Waals surface area contributed by atoms with Crippen molar-refractivity contribution in [1.29, 1.82) is 0 Å². The number of nitrogens with two attached hydrogens (primary N) is 1. The molecule has 1 heterocycles. The summed E-state index contributed by atoms with van der Waals surface area (Å²) >= 11 is 0. The zero-order valence-corrected chi connectivity index (χ0v) is 14.4. The summed E-state index contributed by atoms with van der Waals surface area (Å²) in [7, 11) is 0. The Morgan fingerprint density at radius 2 is 1.76 bits per heavy atom. The van der Waals surface area contributed by atoms with Gasteiger partial charge in [0.15, 0.2) is 12.4 Å². The van der Waals surface area contributed by atoms with Crippen LogP contribution in [0.15, 0.2) is 45.6 Å². The zero-order chi connectivity index (χ0) is 18.1. The highest BCUT2D eigenvalue weighted by molar-refractivity contribution is 5.85. The average Bonchev–Trinajstić information content (AvgIpc) is 2.55. The van der Waals surface area contributed by atoms with Crippen LogP contribution in [-0.2, 0) is 4.79 Å². The molecule has 0 fully saturated rings. The van der Waals surface area contributed by atoms with Gasteiger partial charge < -0.3 is 14.9 Å². The molecule has 0 aliphatic rings. The average molecular weight is 337 g/mol. The second-order valence-corrected chi connectivity index (χ2v) is 6.17. The quantitative estimate of drug-likeness (QED) is 0.792. The van der Waals surface area contributed by atoms with Crippen molar-refractivity contribution in [2.24, 2.45) is 5.73 Å². The van der Waals surface area contributed by atoms with Crippen molar-refractivity contribution in [2.45, 2.75) is 20.8 Å². The number of amides is 1. The van der Waals surface area contributed by atoms with Crippen LogP contribution in [0.25, 0.3) is 22.3 Å². The minimum atomic E-state index is -0.658. The number of rotatable bonds is 4. The van der Waals surface area contributed by atoms with Crippen LogP contribution in [0.1, 0.15) is 16.7 Å². The SMILES string of the molecule is Cc1ccc(-c2oc3c(C)cc(C)cc3c(=O)c2OCC(N)=O)cc1. The van der Waals surface area contributed by atoms with E-state index in [9.17, 15) is 9.59 Å². The minimum Gasteiger partial charge on any atom is -0.476 e. The third kappa shape index (κ3) is 3.26. The number of ether oxygens (including phenoxy) is 1. The number of primary amides is 1. The first-order valence-corrected chi connectivity index (χ1v) is 7.93. The van der Waals surface area contributed by atoms with E-state index >= 15 is 0 Å². The summed E-state index contributed by atoms with van der Waals surface area (Å²) < 4.78 is 11.5. The topological polar surface area (TPSA) is 82.5 Å². The lowest BCUT2D eigenvalue weighted by Gasteiger charge is -2.12. The van der Waals surface area contributed by atoms with E-state index in [4.69, 9.17) is 14.9 Å². The molecule has 0 radical (unpaired) electrons. The van der Waals surface area contributed by atoms with Crippen LogP contribution in [0.5, 0.6) is 5.75 Å². The van der Waals surface area contributed by atoms with Gasteiger partial charge in [-0.05, 0) is 38.0 Å². The van der Waals surface area contributed by atoms with Crippen molar-refractivity contribution in [1.82, 2.24) is 0 Å². The van der Waals surface area contributed by atoms with Gasteiger partial charge in [-0.2, -0.15) is 0 Å². The van der Waals surface area contributed by atoms with E-state index in [1.165, 1.54) is 0 Å². The van der Waals surface area contributed by atoms with Gasteiger partial charge in [0, 0.05) is 5.56 Å². The molecule has 2 aromatic carbocycles. The number of hydrogen-bond acceptors (Lipinski definition) is 4. The molecule has 3 aromatic rings. The first-order valence-electron chi connectivity index (χ1n) is 7.93. The van der Waals surface area contributed by atoms with Crippen LogP contribution in [0.4, 0.5) is 0 Å². The Hall–Kier alpha value is -3.08. The van der Waals surface area contributed by atoms with Gasteiger partial charge in [0.25, 0.3) is 5.91 Å². The maximum absolute atomic E-state index is 13.0. The summed E-state index contributed by atoms with van der Waals surface area (Å²) in [5, 5.41) is 0.424. The summed E-state index contributed by atoms with van der Waals surface area (Å²) in [5.74, 6) is -0.361. The summed E-state index contributed by atoms with van der Waals surface area (Å²) in [6.07, 6.45) is 0. The molecular weight excluding hydrogens is 318 g/mol. The Balaban J connectivity index is 2.32. The van der Waals surface area contributed by atoms with Gasteiger partial charge in [0.1, 0.15) is 5.58 Å². The molecule has 0 saturated carbocycles. The normalized spacial score (nSPS) is 10.8. The molecule has 0 atom stereocenters. The molecule has 5 nitrogen and oxygen atoms in total. The van der Waals surface area contributed by atoms with Crippen molar-refractivity contribution in [3.63, 3.8) is 0 Å². The van der Waals surface area contributed by atoms with Gasteiger partial charge in [-0.1, -0.05) is 35.9 Å². The maximum atomic E-state index is 13.0. The molecule has 3 rings (SSSR count). The Morgan fingerprint density at radius 3 is 2.40 bits per heavy atom. The molecule has 1 aromatic heterocycles. The van der Waals surface area contributed by atoms with Crippen molar-refractivity contribution >= 4 is 16.9 Å². The number of carbonyl (C=O) groups excluding carboxylic acids is 1. The second-order valence-electron chi connectivity index (χ2n) is 6.17. The Kier molecular flexibility index (Phi) is 4.31. The molecule has 0 aliphatic heterocycles. The predicted octanol–water partition coefficient (Wildman–Crippen LogP) is 3.25. The molecule has 0 spiro atoms. The van der Waals surface area contributed by atoms with E-state index in [2.05, 4.69) is 0 Å². The molecule has 0 bridgehead atoms. The summed E-state index contributed by atoms with van der Waals surface area (Å²) in [4.78, 5) is 24.1. The van der Waals surface area contributed by atoms with Gasteiger partial charge >= 0.3 is 0 Å². The first kappa shape index (κ1) is 16.8. The number of aryl methyl sites for hydroxylation is 3. The standard InChI is InChI=1S/C20H19NO4/c1-11-4-6-14(7-5-11)19-20(24-10-16(21)22)17(23)15-9-12(2)8-13(3)18(15)25-19/h4-9H,10H2,1-3H3,(H2,21,22). The lowest BCUT2D eigenvalue weighted by atomic mass is 10.0. The van der Waals surface area contributed by atoms with Crippen molar-refractivity contribution in [3.05, 3.63) is 63.3 Å². The highest BCUT2D eigenvalue weighted by Crippen LogP contribution is 2.32. The summed E-state index contributed by atoms with van der Waals surface area (Å²) in [5.41, 5.74) is 8.95. The summed E-state index contributed by atoms with van der Waals surface area (Å²) in [6, 6.07) is 11.2. The molecule has 128 valence electrons. The second kappa shape index (κ2) is 6.43. The maximum Gasteiger partial charge on any atom is 0.255 e.